The number of ether oxygens (including phenoxy) is 1. The zero-order valence-electron chi connectivity index (χ0n) is 13.7. The molecule has 1 aliphatic heterocycles. The minimum Gasteiger partial charge on any atom is -0.475 e. The summed E-state index contributed by atoms with van der Waals surface area (Å²) in [5.74, 6) is 1.24. The van der Waals surface area contributed by atoms with Gasteiger partial charge in [0, 0.05) is 24.9 Å². The molecule has 1 aliphatic rings. The number of pyridine rings is 1. The Morgan fingerprint density at radius 1 is 1.43 bits per heavy atom. The number of carbonyl (C=O) groups excluding carboxylic acids is 1. The number of aromatic nitrogens is 2. The third-order valence-corrected chi connectivity index (χ3v) is 3.83. The molecule has 23 heavy (non-hydrogen) atoms. The smallest absolute Gasteiger partial charge is 0.256 e. The van der Waals surface area contributed by atoms with Crippen molar-refractivity contribution in [3.63, 3.8) is 0 Å². The van der Waals surface area contributed by atoms with Crippen molar-refractivity contribution in [1.29, 1.82) is 0 Å². The van der Waals surface area contributed by atoms with Gasteiger partial charge in [-0.3, -0.25) is 4.79 Å². The molecule has 122 valence electrons. The molecule has 0 bridgehead atoms. The first kappa shape index (κ1) is 15.5. The molecular weight excluding hydrogens is 294 g/mol. The van der Waals surface area contributed by atoms with Crippen LogP contribution in [0.4, 0.5) is 0 Å². The maximum absolute atomic E-state index is 12.8. The first-order valence-corrected chi connectivity index (χ1v) is 7.91. The lowest BCUT2D eigenvalue weighted by Crippen LogP contribution is -2.30. The van der Waals surface area contributed by atoms with Gasteiger partial charge in [-0.05, 0) is 39.7 Å². The van der Waals surface area contributed by atoms with Gasteiger partial charge < -0.3 is 14.2 Å². The monoisotopic (exact) mass is 315 g/mol. The van der Waals surface area contributed by atoms with E-state index in [1.165, 1.54) is 0 Å². The summed E-state index contributed by atoms with van der Waals surface area (Å²) in [4.78, 5) is 18.8. The van der Waals surface area contributed by atoms with Crippen molar-refractivity contribution < 1.29 is 14.1 Å². The molecule has 0 aliphatic carbocycles. The molecule has 1 atom stereocenters. The van der Waals surface area contributed by atoms with Gasteiger partial charge in [0.25, 0.3) is 5.91 Å². The quantitative estimate of drug-likeness (QED) is 0.867. The highest BCUT2D eigenvalue weighted by molar-refractivity contribution is 5.94. The molecule has 1 fully saturated rings. The van der Waals surface area contributed by atoms with Crippen LogP contribution in [-0.2, 0) is 0 Å². The van der Waals surface area contributed by atoms with Gasteiger partial charge in [-0.25, -0.2) is 4.98 Å². The molecule has 0 N–H and O–H groups in total. The van der Waals surface area contributed by atoms with Crippen LogP contribution in [-0.4, -0.2) is 33.6 Å². The summed E-state index contributed by atoms with van der Waals surface area (Å²) in [5.41, 5.74) is 1.39. The minimum atomic E-state index is -0.0460. The van der Waals surface area contributed by atoms with E-state index in [9.17, 15) is 4.79 Å². The van der Waals surface area contributed by atoms with E-state index in [1.54, 1.807) is 18.3 Å². The van der Waals surface area contributed by atoms with Crippen molar-refractivity contribution in [2.24, 2.45) is 0 Å². The number of aryl methyl sites for hydroxylation is 1. The number of hydrogen-bond acceptors (Lipinski definition) is 5. The van der Waals surface area contributed by atoms with E-state index in [2.05, 4.69) is 10.1 Å². The maximum Gasteiger partial charge on any atom is 0.256 e. The largest absolute Gasteiger partial charge is 0.475 e. The van der Waals surface area contributed by atoms with E-state index in [1.807, 2.05) is 31.7 Å². The summed E-state index contributed by atoms with van der Waals surface area (Å²) in [5, 5.41) is 3.93. The Balaban J connectivity index is 1.76. The van der Waals surface area contributed by atoms with Gasteiger partial charge in [0.05, 0.1) is 23.4 Å². The average Bonchev–Trinajstić information content (AvgIpc) is 3.15. The van der Waals surface area contributed by atoms with Crippen LogP contribution in [0.2, 0.25) is 0 Å². The molecule has 2 aromatic rings. The van der Waals surface area contributed by atoms with Gasteiger partial charge in [-0.2, -0.15) is 0 Å². The Labute approximate surface area is 135 Å². The summed E-state index contributed by atoms with van der Waals surface area (Å²) >= 11 is 0. The highest BCUT2D eigenvalue weighted by atomic mass is 16.5. The van der Waals surface area contributed by atoms with E-state index in [0.29, 0.717) is 18.0 Å². The Morgan fingerprint density at radius 2 is 2.26 bits per heavy atom. The molecule has 0 saturated carbocycles. The number of nitrogens with zero attached hydrogens (tertiary/aromatic N) is 3. The van der Waals surface area contributed by atoms with Gasteiger partial charge in [0.1, 0.15) is 0 Å². The SMILES string of the molecule is Cc1cc([C@@H]2CCCN2C(=O)c2ccc(OC(C)C)nc2)on1. The zero-order valence-corrected chi connectivity index (χ0v) is 13.7. The van der Waals surface area contributed by atoms with Crippen LogP contribution < -0.4 is 4.74 Å². The standard InChI is InChI=1S/C17H21N3O3/c1-11(2)22-16-7-6-13(10-18-16)17(21)20-8-4-5-14(20)15-9-12(3)19-23-15/h6-7,9-11,14H,4-5,8H2,1-3H3/t14-/m0/s1. The Hall–Kier alpha value is -2.37. The first-order valence-electron chi connectivity index (χ1n) is 7.91. The summed E-state index contributed by atoms with van der Waals surface area (Å²) < 4.78 is 10.9. The number of likely N-dealkylation sites (tertiary alicyclic amines) is 1. The van der Waals surface area contributed by atoms with Crippen molar-refractivity contribution in [3.8, 4) is 5.88 Å². The van der Waals surface area contributed by atoms with Crippen LogP contribution in [0.5, 0.6) is 5.88 Å². The number of hydrogen-bond donors (Lipinski definition) is 0. The fourth-order valence-electron chi connectivity index (χ4n) is 2.83. The van der Waals surface area contributed by atoms with Gasteiger partial charge in [-0.1, -0.05) is 5.16 Å². The summed E-state index contributed by atoms with van der Waals surface area (Å²) in [6, 6.07) is 5.34. The van der Waals surface area contributed by atoms with E-state index in [4.69, 9.17) is 9.26 Å². The molecule has 0 aromatic carbocycles. The van der Waals surface area contributed by atoms with Gasteiger partial charge in [-0.15, -0.1) is 0 Å². The summed E-state index contributed by atoms with van der Waals surface area (Å²) in [7, 11) is 0. The molecule has 6 heteroatoms. The second-order valence-corrected chi connectivity index (χ2v) is 6.08. The molecule has 6 nitrogen and oxygen atoms in total. The van der Waals surface area contributed by atoms with Crippen LogP contribution in [0.25, 0.3) is 0 Å². The second kappa shape index (κ2) is 6.40. The Bertz CT molecular complexity index is 679. The van der Waals surface area contributed by atoms with E-state index >= 15 is 0 Å². The van der Waals surface area contributed by atoms with Crippen molar-refractivity contribution >= 4 is 5.91 Å². The minimum absolute atomic E-state index is 0.0369. The fraction of sp³-hybridized carbons (Fsp3) is 0.471. The van der Waals surface area contributed by atoms with Crippen molar-refractivity contribution in [1.82, 2.24) is 15.0 Å². The molecule has 3 heterocycles. The second-order valence-electron chi connectivity index (χ2n) is 6.08. The topological polar surface area (TPSA) is 68.5 Å². The normalized spacial score (nSPS) is 17.7. The first-order chi connectivity index (χ1) is 11.0. The molecule has 0 spiro atoms. The molecule has 3 rings (SSSR count). The lowest BCUT2D eigenvalue weighted by atomic mass is 10.1. The van der Waals surface area contributed by atoms with Crippen LogP contribution in [0, 0.1) is 6.92 Å². The zero-order chi connectivity index (χ0) is 16.4. The van der Waals surface area contributed by atoms with E-state index in [0.717, 1.165) is 24.3 Å². The highest BCUT2D eigenvalue weighted by Gasteiger charge is 2.33. The Morgan fingerprint density at radius 3 is 2.87 bits per heavy atom. The van der Waals surface area contributed by atoms with Gasteiger partial charge in [0.15, 0.2) is 5.76 Å². The molecule has 1 amide bonds. The summed E-state index contributed by atoms with van der Waals surface area (Å²) in [6.45, 7) is 6.48. The number of rotatable bonds is 4. The molecule has 2 aromatic heterocycles. The van der Waals surface area contributed by atoms with Crippen molar-refractivity contribution in [2.75, 3.05) is 6.54 Å². The highest BCUT2D eigenvalue weighted by Crippen LogP contribution is 2.33. The predicted octanol–water partition coefficient (Wildman–Crippen LogP) is 3.14. The van der Waals surface area contributed by atoms with Crippen LogP contribution in [0.1, 0.15) is 54.5 Å². The maximum atomic E-state index is 12.8. The molecular formula is C17H21N3O3. The average molecular weight is 315 g/mol. The lowest BCUT2D eigenvalue weighted by Gasteiger charge is -2.22. The van der Waals surface area contributed by atoms with Crippen molar-refractivity contribution in [2.45, 2.75) is 45.8 Å². The molecule has 1 saturated heterocycles. The predicted molar refractivity (Wildman–Crippen MR) is 84.3 cm³/mol. The van der Waals surface area contributed by atoms with Crippen LogP contribution in [0.3, 0.4) is 0 Å². The van der Waals surface area contributed by atoms with Gasteiger partial charge in [0.2, 0.25) is 5.88 Å². The lowest BCUT2D eigenvalue weighted by molar-refractivity contribution is 0.0714. The van der Waals surface area contributed by atoms with E-state index < -0.39 is 0 Å². The third-order valence-electron chi connectivity index (χ3n) is 3.83. The van der Waals surface area contributed by atoms with Crippen molar-refractivity contribution in [3.05, 3.63) is 41.4 Å². The number of carbonyl (C=O) groups is 1. The number of amides is 1. The molecule has 0 radical (unpaired) electrons. The third kappa shape index (κ3) is 3.36. The van der Waals surface area contributed by atoms with Crippen LogP contribution >= 0.6 is 0 Å². The van der Waals surface area contributed by atoms with Crippen LogP contribution in [0.15, 0.2) is 28.9 Å². The molecule has 0 unspecified atom stereocenters. The van der Waals surface area contributed by atoms with Gasteiger partial charge >= 0.3 is 0 Å². The van der Waals surface area contributed by atoms with E-state index in [-0.39, 0.29) is 18.1 Å². The fourth-order valence-corrected chi connectivity index (χ4v) is 2.83. The Kier molecular flexibility index (Phi) is 4.32. The summed E-state index contributed by atoms with van der Waals surface area (Å²) in [6.07, 6.45) is 3.48.